The SMILES string of the molecule is O=C(O)[C@H](O)[C@@H](O)C(=O)O.O=C[C@H](O)[C@H](O)[C@H](O)CO. The summed E-state index contributed by atoms with van der Waals surface area (Å²) in [5.74, 6) is -3.54. The summed E-state index contributed by atoms with van der Waals surface area (Å²) in [4.78, 5) is 29.3. The zero-order valence-corrected chi connectivity index (χ0v) is 9.97. The van der Waals surface area contributed by atoms with Crippen LogP contribution in [0, 0.1) is 0 Å². The average molecular weight is 300 g/mol. The number of hydrogen-bond donors (Lipinski definition) is 8. The van der Waals surface area contributed by atoms with Gasteiger partial charge >= 0.3 is 11.9 Å². The maximum Gasteiger partial charge on any atom is 0.335 e. The molecule has 0 heterocycles. The molecule has 0 unspecified atom stereocenters. The van der Waals surface area contributed by atoms with Crippen LogP contribution < -0.4 is 0 Å². The van der Waals surface area contributed by atoms with Crippen LogP contribution in [0.2, 0.25) is 0 Å². The Morgan fingerprint density at radius 1 is 0.900 bits per heavy atom. The van der Waals surface area contributed by atoms with Gasteiger partial charge in [-0.3, -0.25) is 0 Å². The van der Waals surface area contributed by atoms with Crippen LogP contribution in [0.1, 0.15) is 0 Å². The van der Waals surface area contributed by atoms with Gasteiger partial charge in [-0.05, 0) is 0 Å². The van der Waals surface area contributed by atoms with Gasteiger partial charge in [0.05, 0.1) is 6.61 Å². The maximum atomic E-state index is 9.77. The van der Waals surface area contributed by atoms with Crippen LogP contribution in [0.25, 0.3) is 0 Å². The number of carbonyl (C=O) groups is 3. The third-order valence-corrected chi connectivity index (χ3v) is 1.88. The standard InChI is InChI=1S/C5H10O5.C4H6O6/c6-1-3(8)5(10)4(9)2-7;5-1(3(7)8)2(6)4(9)10/h1,3-5,7-10H,2H2;1-2,5-6H,(H,7,8)(H,9,10)/t3-,4+,5-;1-,2-/m01/s1. The minimum Gasteiger partial charge on any atom is -0.479 e. The molecule has 118 valence electrons. The Kier molecular flexibility index (Phi) is 10.5. The van der Waals surface area contributed by atoms with Crippen LogP contribution in [0.3, 0.4) is 0 Å². The summed E-state index contributed by atoms with van der Waals surface area (Å²) in [5, 5.41) is 66.6. The quantitative estimate of drug-likeness (QED) is 0.209. The Morgan fingerprint density at radius 3 is 1.45 bits per heavy atom. The van der Waals surface area contributed by atoms with Crippen molar-refractivity contribution in [3.05, 3.63) is 0 Å². The summed E-state index contributed by atoms with van der Waals surface area (Å²) in [6.45, 7) is -0.688. The zero-order chi connectivity index (χ0) is 16.5. The van der Waals surface area contributed by atoms with E-state index < -0.39 is 49.1 Å². The maximum absolute atomic E-state index is 9.77. The highest BCUT2D eigenvalue weighted by Gasteiger charge is 2.29. The van der Waals surface area contributed by atoms with Crippen molar-refractivity contribution in [2.45, 2.75) is 30.5 Å². The summed E-state index contributed by atoms with van der Waals surface area (Å²) < 4.78 is 0. The molecule has 8 N–H and O–H groups in total. The van der Waals surface area contributed by atoms with E-state index in [9.17, 15) is 14.4 Å². The van der Waals surface area contributed by atoms with Gasteiger partial charge in [0.25, 0.3) is 0 Å². The van der Waals surface area contributed by atoms with Crippen molar-refractivity contribution in [2.75, 3.05) is 6.61 Å². The first-order chi connectivity index (χ1) is 9.09. The summed E-state index contributed by atoms with van der Waals surface area (Å²) in [6.07, 6.45) is -9.16. The largest absolute Gasteiger partial charge is 0.479 e. The molecule has 0 fully saturated rings. The molecule has 11 nitrogen and oxygen atoms in total. The minimum absolute atomic E-state index is 0.0869. The van der Waals surface area contributed by atoms with Gasteiger partial charge in [0.15, 0.2) is 18.5 Å². The molecule has 0 saturated carbocycles. The lowest BCUT2D eigenvalue weighted by Crippen LogP contribution is -2.40. The smallest absolute Gasteiger partial charge is 0.335 e. The van der Waals surface area contributed by atoms with E-state index in [2.05, 4.69) is 0 Å². The number of carboxylic acid groups (broad SMARTS) is 2. The van der Waals surface area contributed by atoms with Crippen molar-refractivity contribution >= 4 is 18.2 Å². The van der Waals surface area contributed by atoms with Crippen LogP contribution in [0.15, 0.2) is 0 Å². The van der Waals surface area contributed by atoms with Crippen molar-refractivity contribution in [3.63, 3.8) is 0 Å². The first-order valence-corrected chi connectivity index (χ1v) is 5.02. The molecule has 0 radical (unpaired) electrons. The van der Waals surface area contributed by atoms with Gasteiger partial charge < -0.3 is 45.6 Å². The summed E-state index contributed by atoms with van der Waals surface area (Å²) in [7, 11) is 0. The van der Waals surface area contributed by atoms with E-state index in [1.54, 1.807) is 0 Å². The average Bonchev–Trinajstić information content (AvgIpc) is 2.43. The Labute approximate surface area is 112 Å². The second-order valence-corrected chi connectivity index (χ2v) is 3.43. The van der Waals surface area contributed by atoms with Crippen molar-refractivity contribution in [1.82, 2.24) is 0 Å². The second-order valence-electron chi connectivity index (χ2n) is 3.43. The van der Waals surface area contributed by atoms with Crippen molar-refractivity contribution in [2.24, 2.45) is 0 Å². The molecule has 0 spiro atoms. The lowest BCUT2D eigenvalue weighted by molar-refractivity contribution is -0.165. The van der Waals surface area contributed by atoms with E-state index in [1.165, 1.54) is 0 Å². The van der Waals surface area contributed by atoms with Gasteiger partial charge in [-0.2, -0.15) is 0 Å². The van der Waals surface area contributed by atoms with Crippen LogP contribution in [0.5, 0.6) is 0 Å². The fourth-order valence-corrected chi connectivity index (χ4v) is 0.686. The Hall–Kier alpha value is -1.63. The van der Waals surface area contributed by atoms with Gasteiger partial charge in [-0.1, -0.05) is 0 Å². The highest BCUT2D eigenvalue weighted by atomic mass is 16.4. The van der Waals surface area contributed by atoms with E-state index in [-0.39, 0.29) is 6.29 Å². The number of hydrogen-bond acceptors (Lipinski definition) is 9. The number of carbonyl (C=O) groups excluding carboxylic acids is 1. The molecule has 0 aromatic carbocycles. The second kappa shape index (κ2) is 10.2. The molecule has 0 aromatic rings. The lowest BCUT2D eigenvalue weighted by atomic mass is 10.1. The number of rotatable bonds is 7. The molecule has 0 saturated heterocycles. The third kappa shape index (κ3) is 7.73. The molecule has 0 aliphatic rings. The molecule has 0 aromatic heterocycles. The fourth-order valence-electron chi connectivity index (χ4n) is 0.686. The van der Waals surface area contributed by atoms with Crippen molar-refractivity contribution in [3.8, 4) is 0 Å². The predicted octanol–water partition coefficient (Wildman–Crippen LogP) is -4.86. The molecule has 0 rings (SSSR count). The minimum atomic E-state index is -2.27. The van der Waals surface area contributed by atoms with E-state index in [1.807, 2.05) is 0 Å². The predicted molar refractivity (Wildman–Crippen MR) is 58.5 cm³/mol. The van der Waals surface area contributed by atoms with E-state index in [0.29, 0.717) is 0 Å². The topological polar surface area (TPSA) is 213 Å². The van der Waals surface area contributed by atoms with Crippen molar-refractivity contribution in [1.29, 1.82) is 0 Å². The molecule has 0 bridgehead atoms. The normalized spacial score (nSPS) is 17.7. The van der Waals surface area contributed by atoms with E-state index >= 15 is 0 Å². The monoisotopic (exact) mass is 300 g/mol. The Morgan fingerprint density at radius 2 is 1.25 bits per heavy atom. The first kappa shape index (κ1) is 20.7. The number of aliphatic hydroxyl groups excluding tert-OH is 6. The van der Waals surface area contributed by atoms with Crippen LogP contribution in [0.4, 0.5) is 0 Å². The highest BCUT2D eigenvalue weighted by Crippen LogP contribution is 1.96. The van der Waals surface area contributed by atoms with Crippen molar-refractivity contribution < 1.29 is 55.2 Å². The first-order valence-electron chi connectivity index (χ1n) is 5.02. The Balaban J connectivity index is 0. The van der Waals surface area contributed by atoms with E-state index in [0.717, 1.165) is 0 Å². The molecule has 0 amide bonds. The molecule has 11 heteroatoms. The summed E-state index contributed by atoms with van der Waals surface area (Å²) in [6, 6.07) is 0. The molecular formula is C9H16O11. The lowest BCUT2D eigenvalue weighted by Gasteiger charge is -2.16. The highest BCUT2D eigenvalue weighted by molar-refractivity contribution is 5.83. The summed E-state index contributed by atoms with van der Waals surface area (Å²) >= 11 is 0. The molecule has 5 atom stereocenters. The zero-order valence-electron chi connectivity index (χ0n) is 9.97. The van der Waals surface area contributed by atoms with E-state index in [4.69, 9.17) is 40.9 Å². The van der Waals surface area contributed by atoms with Gasteiger partial charge in [0, 0.05) is 0 Å². The number of aldehydes is 1. The molecule has 20 heavy (non-hydrogen) atoms. The van der Waals surface area contributed by atoms with Gasteiger partial charge in [-0.15, -0.1) is 0 Å². The molecule has 0 aliphatic heterocycles. The van der Waals surface area contributed by atoms with Gasteiger partial charge in [0.1, 0.15) is 18.3 Å². The third-order valence-electron chi connectivity index (χ3n) is 1.88. The van der Waals surface area contributed by atoms with Crippen LogP contribution in [-0.4, -0.2) is 96.2 Å². The van der Waals surface area contributed by atoms with Crippen LogP contribution >= 0.6 is 0 Å². The number of aliphatic hydroxyl groups is 6. The molecule has 0 aliphatic carbocycles. The number of aliphatic carboxylic acids is 2. The Bertz CT molecular complexity index is 299. The number of carboxylic acids is 2. The molecular weight excluding hydrogens is 284 g/mol. The van der Waals surface area contributed by atoms with Crippen LogP contribution in [-0.2, 0) is 14.4 Å². The van der Waals surface area contributed by atoms with Gasteiger partial charge in [-0.25, -0.2) is 9.59 Å². The van der Waals surface area contributed by atoms with Gasteiger partial charge in [0.2, 0.25) is 0 Å². The summed E-state index contributed by atoms with van der Waals surface area (Å²) in [5.41, 5.74) is 0. The fraction of sp³-hybridized carbons (Fsp3) is 0.667.